The Morgan fingerprint density at radius 3 is 2.56 bits per heavy atom. The third-order valence-electron chi connectivity index (χ3n) is 1.78. The second-order valence-corrected chi connectivity index (χ2v) is 3.65. The predicted octanol–water partition coefficient (Wildman–Crippen LogP) is 2.58. The molecule has 0 fully saturated rings. The minimum Gasteiger partial charge on any atom is -0.469 e. The van der Waals surface area contributed by atoms with Crippen LogP contribution in [0.5, 0.6) is 0 Å². The number of rotatable bonds is 2. The lowest BCUT2D eigenvalue weighted by Gasteiger charge is -2.08. The van der Waals surface area contributed by atoms with Gasteiger partial charge in [-0.05, 0) is 27.6 Å². The van der Waals surface area contributed by atoms with Gasteiger partial charge in [-0.1, -0.05) is 6.07 Å². The molecule has 88 valence electrons. The molecule has 3 nitrogen and oxygen atoms in total. The van der Waals surface area contributed by atoms with Crippen molar-refractivity contribution in [1.29, 1.82) is 0 Å². The number of carbonyl (C=O) groups excluding carboxylic acids is 1. The molecule has 0 radical (unpaired) electrons. The number of aromatic nitrogens is 1. The van der Waals surface area contributed by atoms with Crippen LogP contribution in [-0.4, -0.2) is 18.1 Å². The van der Waals surface area contributed by atoms with Gasteiger partial charge in [0.2, 0.25) is 0 Å². The molecule has 1 heterocycles. The highest BCUT2D eigenvalue weighted by Gasteiger charge is 2.32. The quantitative estimate of drug-likeness (QED) is 0.622. The summed E-state index contributed by atoms with van der Waals surface area (Å²) in [6.07, 6.45) is -4.62. The molecule has 0 unspecified atom stereocenters. The summed E-state index contributed by atoms with van der Waals surface area (Å²) in [6.45, 7) is 0. The number of ether oxygens (including phenoxy) is 1. The zero-order chi connectivity index (χ0) is 12.3. The summed E-state index contributed by atoms with van der Waals surface area (Å²) in [6, 6.07) is 2.01. The zero-order valence-corrected chi connectivity index (χ0v) is 9.72. The monoisotopic (exact) mass is 297 g/mol. The van der Waals surface area contributed by atoms with Crippen molar-refractivity contribution in [3.8, 4) is 0 Å². The van der Waals surface area contributed by atoms with Gasteiger partial charge in [-0.25, -0.2) is 4.98 Å². The minimum atomic E-state index is -4.49. The molecule has 0 aliphatic rings. The van der Waals surface area contributed by atoms with E-state index in [4.69, 9.17) is 0 Å². The Morgan fingerprint density at radius 2 is 2.12 bits per heavy atom. The Balaban J connectivity index is 2.96. The topological polar surface area (TPSA) is 39.2 Å². The van der Waals surface area contributed by atoms with E-state index in [1.807, 2.05) is 0 Å². The maximum atomic E-state index is 12.3. The Bertz CT molecular complexity index is 406. The fourth-order valence-corrected chi connectivity index (χ4v) is 1.44. The van der Waals surface area contributed by atoms with Crippen LogP contribution < -0.4 is 0 Å². The van der Waals surface area contributed by atoms with Crippen molar-refractivity contribution in [2.75, 3.05) is 7.11 Å². The van der Waals surface area contributed by atoms with Crippen molar-refractivity contribution in [2.45, 2.75) is 12.6 Å². The highest BCUT2D eigenvalue weighted by molar-refractivity contribution is 9.10. The van der Waals surface area contributed by atoms with Crippen molar-refractivity contribution in [1.82, 2.24) is 4.98 Å². The van der Waals surface area contributed by atoms with Crippen LogP contribution in [0.4, 0.5) is 13.2 Å². The first-order valence-electron chi connectivity index (χ1n) is 4.14. The number of carbonyl (C=O) groups is 1. The molecule has 0 spiro atoms. The standard InChI is InChI=1S/C9H7BrF3NO2/c1-16-7(15)4-5-2-3-6(9(11,12)13)14-8(5)10/h2-3H,4H2,1H3. The first-order valence-corrected chi connectivity index (χ1v) is 4.93. The van der Waals surface area contributed by atoms with Crippen LogP contribution in [0, 0.1) is 0 Å². The minimum absolute atomic E-state index is 0.00674. The molecule has 1 aromatic rings. The lowest BCUT2D eigenvalue weighted by atomic mass is 10.2. The number of nitrogens with zero attached hydrogens (tertiary/aromatic N) is 1. The van der Waals surface area contributed by atoms with Gasteiger partial charge in [-0.2, -0.15) is 13.2 Å². The van der Waals surface area contributed by atoms with E-state index in [0.717, 1.165) is 6.07 Å². The summed E-state index contributed by atoms with van der Waals surface area (Å²) in [4.78, 5) is 14.2. The number of pyridine rings is 1. The average Bonchev–Trinajstić information content (AvgIpc) is 2.19. The maximum Gasteiger partial charge on any atom is 0.433 e. The van der Waals surface area contributed by atoms with Crippen LogP contribution in [0.3, 0.4) is 0 Å². The first-order chi connectivity index (χ1) is 7.34. The van der Waals surface area contributed by atoms with Gasteiger partial charge in [0.05, 0.1) is 13.5 Å². The second-order valence-electron chi connectivity index (χ2n) is 2.90. The van der Waals surface area contributed by atoms with Crippen LogP contribution >= 0.6 is 15.9 Å². The first kappa shape index (κ1) is 13.0. The van der Waals surface area contributed by atoms with Gasteiger partial charge in [0.25, 0.3) is 0 Å². The SMILES string of the molecule is COC(=O)Cc1ccc(C(F)(F)F)nc1Br. The van der Waals surface area contributed by atoms with Crippen LogP contribution in [0.25, 0.3) is 0 Å². The Hall–Kier alpha value is -1.11. The maximum absolute atomic E-state index is 12.3. The summed E-state index contributed by atoms with van der Waals surface area (Å²) < 4.78 is 41.2. The fourth-order valence-electron chi connectivity index (χ4n) is 0.981. The largest absolute Gasteiger partial charge is 0.469 e. The van der Waals surface area contributed by atoms with Crippen molar-refractivity contribution in [3.05, 3.63) is 28.0 Å². The third kappa shape index (κ3) is 3.19. The van der Waals surface area contributed by atoms with Crippen molar-refractivity contribution < 1.29 is 22.7 Å². The summed E-state index contributed by atoms with van der Waals surface area (Å²) in [7, 11) is 1.20. The zero-order valence-electron chi connectivity index (χ0n) is 8.14. The molecule has 0 aromatic carbocycles. The molecule has 0 N–H and O–H groups in total. The summed E-state index contributed by atoms with van der Waals surface area (Å²) >= 11 is 2.88. The molecular formula is C9H7BrF3NO2. The number of hydrogen-bond acceptors (Lipinski definition) is 3. The molecule has 16 heavy (non-hydrogen) atoms. The van der Waals surface area contributed by atoms with E-state index >= 15 is 0 Å². The third-order valence-corrected chi connectivity index (χ3v) is 2.47. The highest BCUT2D eigenvalue weighted by Crippen LogP contribution is 2.29. The molecule has 0 aliphatic carbocycles. The van der Waals surface area contributed by atoms with Crippen LogP contribution in [0.2, 0.25) is 0 Å². The molecule has 0 amide bonds. The number of methoxy groups -OCH3 is 1. The summed E-state index contributed by atoms with van der Waals surface area (Å²) in [5.41, 5.74) is -0.659. The van der Waals surface area contributed by atoms with Crippen LogP contribution in [0.15, 0.2) is 16.7 Å². The van der Waals surface area contributed by atoms with Crippen LogP contribution in [-0.2, 0) is 22.1 Å². The molecule has 1 rings (SSSR count). The van der Waals surface area contributed by atoms with Crippen molar-refractivity contribution in [3.63, 3.8) is 0 Å². The molecule has 1 aromatic heterocycles. The molecule has 7 heteroatoms. The predicted molar refractivity (Wildman–Crippen MR) is 52.7 cm³/mol. The lowest BCUT2D eigenvalue weighted by molar-refractivity contribution is -0.141. The van der Waals surface area contributed by atoms with E-state index < -0.39 is 17.8 Å². The molecular weight excluding hydrogens is 291 g/mol. The smallest absolute Gasteiger partial charge is 0.433 e. The number of alkyl halides is 3. The van der Waals surface area contributed by atoms with E-state index in [9.17, 15) is 18.0 Å². The van der Waals surface area contributed by atoms with E-state index in [2.05, 4.69) is 25.7 Å². The summed E-state index contributed by atoms with van der Waals surface area (Å²) in [5, 5.41) is 0. The van der Waals surface area contributed by atoms with Gasteiger partial charge in [-0.15, -0.1) is 0 Å². The van der Waals surface area contributed by atoms with Crippen molar-refractivity contribution in [2.24, 2.45) is 0 Å². The average molecular weight is 298 g/mol. The van der Waals surface area contributed by atoms with E-state index in [0.29, 0.717) is 5.56 Å². The normalized spacial score (nSPS) is 11.3. The van der Waals surface area contributed by atoms with Gasteiger partial charge in [0, 0.05) is 0 Å². The highest BCUT2D eigenvalue weighted by atomic mass is 79.9. The van der Waals surface area contributed by atoms with E-state index in [1.165, 1.54) is 13.2 Å². The summed E-state index contributed by atoms with van der Waals surface area (Å²) in [5.74, 6) is -0.540. The number of halogens is 4. The van der Waals surface area contributed by atoms with Crippen molar-refractivity contribution >= 4 is 21.9 Å². The molecule has 0 bridgehead atoms. The van der Waals surface area contributed by atoms with Crippen LogP contribution in [0.1, 0.15) is 11.3 Å². The van der Waals surface area contributed by atoms with Gasteiger partial charge in [-0.3, -0.25) is 4.79 Å². The van der Waals surface area contributed by atoms with Gasteiger partial charge in [0.1, 0.15) is 10.3 Å². The van der Waals surface area contributed by atoms with Gasteiger partial charge >= 0.3 is 12.1 Å². The molecule has 0 saturated carbocycles. The van der Waals surface area contributed by atoms with E-state index in [1.54, 1.807) is 0 Å². The molecule has 0 aliphatic heterocycles. The Morgan fingerprint density at radius 1 is 1.50 bits per heavy atom. The number of esters is 1. The van der Waals surface area contributed by atoms with Gasteiger partial charge < -0.3 is 4.74 Å². The van der Waals surface area contributed by atoms with E-state index in [-0.39, 0.29) is 11.0 Å². The lowest BCUT2D eigenvalue weighted by Crippen LogP contribution is -2.10. The number of hydrogen-bond donors (Lipinski definition) is 0. The molecule has 0 saturated heterocycles. The second kappa shape index (κ2) is 4.82. The Kier molecular flexibility index (Phi) is 3.90. The fraction of sp³-hybridized carbons (Fsp3) is 0.333. The molecule has 0 atom stereocenters. The Labute approximate surface area is 97.8 Å². The van der Waals surface area contributed by atoms with Gasteiger partial charge in [0.15, 0.2) is 0 Å².